The second kappa shape index (κ2) is 9.93. The number of nitrogens with zero attached hydrogens (tertiary/aromatic N) is 1. The molecule has 1 N–H and O–H groups in total. The second-order valence-electron chi connectivity index (χ2n) is 8.33. The van der Waals surface area contributed by atoms with Gasteiger partial charge in [-0.25, -0.2) is 0 Å². The fourth-order valence-electron chi connectivity index (χ4n) is 4.06. The molecule has 1 atom stereocenters. The van der Waals surface area contributed by atoms with Gasteiger partial charge in [0.1, 0.15) is 23.0 Å². The standard InChI is InChI=1S/C28H27NO6/c1-17(2)35-23-13-5-18(6-14-23)25-24(26(30)19-7-11-21(33-3)12-8-19)27(31)28(32)29(25)20-9-15-22(34-4)16-10-20/h5-17,25,30H,1-4H3/b26-24+. The Bertz CT molecular complexity index is 1240. The molecule has 7 nitrogen and oxygen atoms in total. The van der Waals surface area contributed by atoms with Crippen LogP contribution in [-0.2, 0) is 9.59 Å². The minimum absolute atomic E-state index is 0.000794. The zero-order valence-electron chi connectivity index (χ0n) is 20.0. The molecule has 35 heavy (non-hydrogen) atoms. The largest absolute Gasteiger partial charge is 0.507 e. The van der Waals surface area contributed by atoms with Crippen molar-refractivity contribution in [2.45, 2.75) is 26.0 Å². The molecule has 0 aromatic heterocycles. The average Bonchev–Trinajstić information content (AvgIpc) is 3.14. The predicted molar refractivity (Wildman–Crippen MR) is 133 cm³/mol. The van der Waals surface area contributed by atoms with E-state index in [-0.39, 0.29) is 17.4 Å². The van der Waals surface area contributed by atoms with E-state index in [9.17, 15) is 14.7 Å². The van der Waals surface area contributed by atoms with Crippen LogP contribution in [0.4, 0.5) is 5.69 Å². The normalized spacial score (nSPS) is 17.1. The number of amides is 1. The third-order valence-corrected chi connectivity index (χ3v) is 5.73. The number of benzene rings is 3. The van der Waals surface area contributed by atoms with E-state index in [2.05, 4.69) is 0 Å². The Morgan fingerprint density at radius 3 is 1.83 bits per heavy atom. The Kier molecular flexibility index (Phi) is 6.78. The second-order valence-corrected chi connectivity index (χ2v) is 8.33. The molecule has 0 radical (unpaired) electrons. The van der Waals surface area contributed by atoms with E-state index in [1.165, 1.54) is 4.90 Å². The van der Waals surface area contributed by atoms with Crippen molar-refractivity contribution in [3.63, 3.8) is 0 Å². The minimum Gasteiger partial charge on any atom is -0.507 e. The van der Waals surface area contributed by atoms with Crippen molar-refractivity contribution in [1.82, 2.24) is 0 Å². The minimum atomic E-state index is -0.835. The number of carbonyl (C=O) groups excluding carboxylic acids is 2. The quantitative estimate of drug-likeness (QED) is 0.291. The smallest absolute Gasteiger partial charge is 0.300 e. The Balaban J connectivity index is 1.86. The van der Waals surface area contributed by atoms with E-state index in [0.29, 0.717) is 34.1 Å². The Morgan fingerprint density at radius 2 is 1.31 bits per heavy atom. The number of anilines is 1. The van der Waals surface area contributed by atoms with Crippen LogP contribution in [0.25, 0.3) is 5.76 Å². The van der Waals surface area contributed by atoms with Gasteiger partial charge in [-0.1, -0.05) is 12.1 Å². The highest BCUT2D eigenvalue weighted by molar-refractivity contribution is 6.51. The average molecular weight is 474 g/mol. The van der Waals surface area contributed by atoms with Crippen LogP contribution in [0.15, 0.2) is 78.4 Å². The summed E-state index contributed by atoms with van der Waals surface area (Å²) >= 11 is 0. The van der Waals surface area contributed by atoms with Crippen LogP contribution >= 0.6 is 0 Å². The topological polar surface area (TPSA) is 85.3 Å². The van der Waals surface area contributed by atoms with Crippen molar-refractivity contribution in [3.8, 4) is 17.2 Å². The van der Waals surface area contributed by atoms with E-state index >= 15 is 0 Å². The molecule has 3 aromatic rings. The Labute approximate surface area is 204 Å². The van der Waals surface area contributed by atoms with Crippen LogP contribution in [0.3, 0.4) is 0 Å². The summed E-state index contributed by atoms with van der Waals surface area (Å²) in [6, 6.07) is 19.8. The third-order valence-electron chi connectivity index (χ3n) is 5.73. The van der Waals surface area contributed by atoms with Gasteiger partial charge in [0.25, 0.3) is 11.7 Å². The molecular weight excluding hydrogens is 446 g/mol. The molecule has 1 unspecified atom stereocenters. The molecule has 4 rings (SSSR count). The van der Waals surface area contributed by atoms with E-state index in [1.54, 1.807) is 87.0 Å². The maximum atomic E-state index is 13.3. The lowest BCUT2D eigenvalue weighted by Gasteiger charge is -2.26. The van der Waals surface area contributed by atoms with Crippen molar-refractivity contribution in [3.05, 3.63) is 89.5 Å². The molecule has 7 heteroatoms. The molecule has 1 saturated heterocycles. The molecule has 1 heterocycles. The lowest BCUT2D eigenvalue weighted by molar-refractivity contribution is -0.132. The molecule has 3 aromatic carbocycles. The highest BCUT2D eigenvalue weighted by atomic mass is 16.5. The highest BCUT2D eigenvalue weighted by Gasteiger charge is 2.47. The van der Waals surface area contributed by atoms with Gasteiger partial charge in [0.2, 0.25) is 0 Å². The first kappa shape index (κ1) is 23.9. The van der Waals surface area contributed by atoms with Crippen LogP contribution in [0.2, 0.25) is 0 Å². The summed E-state index contributed by atoms with van der Waals surface area (Å²) in [5.74, 6) is 0.155. The van der Waals surface area contributed by atoms with Crippen molar-refractivity contribution >= 4 is 23.1 Å². The van der Waals surface area contributed by atoms with Gasteiger partial charge in [0.05, 0.1) is 31.9 Å². The van der Waals surface area contributed by atoms with Gasteiger partial charge >= 0.3 is 0 Å². The zero-order chi connectivity index (χ0) is 25.1. The summed E-state index contributed by atoms with van der Waals surface area (Å²) in [4.78, 5) is 27.9. The molecule has 180 valence electrons. The molecule has 0 bridgehead atoms. The number of ether oxygens (including phenoxy) is 3. The molecular formula is C28H27NO6. The number of methoxy groups -OCH3 is 2. The Hall–Kier alpha value is -4.26. The van der Waals surface area contributed by atoms with Crippen molar-refractivity contribution in [1.29, 1.82) is 0 Å². The predicted octanol–water partition coefficient (Wildman–Crippen LogP) is 5.12. The lowest BCUT2D eigenvalue weighted by atomic mass is 9.95. The van der Waals surface area contributed by atoms with Crippen LogP contribution in [0.5, 0.6) is 17.2 Å². The van der Waals surface area contributed by atoms with Gasteiger partial charge in [0, 0.05) is 11.3 Å². The first-order chi connectivity index (χ1) is 16.8. The molecule has 1 fully saturated rings. The molecule has 0 saturated carbocycles. The monoisotopic (exact) mass is 473 g/mol. The van der Waals surface area contributed by atoms with Gasteiger partial charge < -0.3 is 19.3 Å². The number of Topliss-reactive ketones (excluding diaryl/α,β-unsaturated/α-hetero) is 1. The fraction of sp³-hybridized carbons (Fsp3) is 0.214. The van der Waals surface area contributed by atoms with Crippen LogP contribution < -0.4 is 19.1 Å². The van der Waals surface area contributed by atoms with E-state index in [0.717, 1.165) is 0 Å². The van der Waals surface area contributed by atoms with Gasteiger partial charge in [0.15, 0.2) is 0 Å². The maximum absolute atomic E-state index is 13.3. The molecule has 1 amide bonds. The van der Waals surface area contributed by atoms with E-state index in [4.69, 9.17) is 14.2 Å². The van der Waals surface area contributed by atoms with Crippen LogP contribution in [0.1, 0.15) is 31.0 Å². The van der Waals surface area contributed by atoms with Crippen molar-refractivity contribution in [2.24, 2.45) is 0 Å². The summed E-state index contributed by atoms with van der Waals surface area (Å²) in [6.07, 6.45) is 0.000794. The van der Waals surface area contributed by atoms with E-state index < -0.39 is 17.7 Å². The summed E-state index contributed by atoms with van der Waals surface area (Å²) < 4.78 is 16.2. The van der Waals surface area contributed by atoms with Crippen LogP contribution in [-0.4, -0.2) is 37.1 Å². The summed E-state index contributed by atoms with van der Waals surface area (Å²) in [5.41, 5.74) is 1.58. The number of hydrogen-bond donors (Lipinski definition) is 1. The molecule has 0 aliphatic carbocycles. The lowest BCUT2D eigenvalue weighted by Crippen LogP contribution is -2.29. The zero-order valence-corrected chi connectivity index (χ0v) is 20.0. The summed E-state index contributed by atoms with van der Waals surface area (Å²) in [5, 5.41) is 11.2. The maximum Gasteiger partial charge on any atom is 0.300 e. The summed E-state index contributed by atoms with van der Waals surface area (Å²) in [7, 11) is 3.10. The number of aliphatic hydroxyl groups is 1. The number of hydrogen-bond acceptors (Lipinski definition) is 6. The number of aliphatic hydroxyl groups excluding tert-OH is 1. The van der Waals surface area contributed by atoms with Gasteiger partial charge in [-0.3, -0.25) is 14.5 Å². The number of rotatable bonds is 7. The molecule has 0 spiro atoms. The highest BCUT2D eigenvalue weighted by Crippen LogP contribution is 2.43. The molecule has 1 aliphatic rings. The number of carbonyl (C=O) groups is 2. The number of ketones is 1. The first-order valence-electron chi connectivity index (χ1n) is 11.2. The third kappa shape index (κ3) is 4.71. The van der Waals surface area contributed by atoms with Gasteiger partial charge in [-0.2, -0.15) is 0 Å². The first-order valence-corrected chi connectivity index (χ1v) is 11.2. The van der Waals surface area contributed by atoms with Gasteiger partial charge in [-0.15, -0.1) is 0 Å². The van der Waals surface area contributed by atoms with Gasteiger partial charge in [-0.05, 0) is 80.1 Å². The van der Waals surface area contributed by atoms with Crippen molar-refractivity contribution < 1.29 is 28.9 Å². The van der Waals surface area contributed by atoms with Crippen LogP contribution in [0, 0.1) is 0 Å². The van der Waals surface area contributed by atoms with E-state index in [1.807, 2.05) is 13.8 Å². The van der Waals surface area contributed by atoms with Crippen molar-refractivity contribution in [2.75, 3.05) is 19.1 Å². The molecule has 1 aliphatic heterocycles. The fourth-order valence-corrected chi connectivity index (χ4v) is 4.06. The SMILES string of the molecule is COc1ccc(/C(O)=C2\C(=O)C(=O)N(c3ccc(OC)cc3)C2c2ccc(OC(C)C)cc2)cc1. The Morgan fingerprint density at radius 1 is 0.800 bits per heavy atom. The summed E-state index contributed by atoms with van der Waals surface area (Å²) in [6.45, 7) is 3.86.